The van der Waals surface area contributed by atoms with Crippen molar-refractivity contribution >= 4 is 11.6 Å². The molecule has 17 heavy (non-hydrogen) atoms. The molecule has 0 N–H and O–H groups in total. The zero-order valence-corrected chi connectivity index (χ0v) is 10.9. The smallest absolute Gasteiger partial charge is 0.255 e. The lowest BCUT2D eigenvalue weighted by atomic mass is 10.2. The van der Waals surface area contributed by atoms with Crippen molar-refractivity contribution in [2.45, 2.75) is 51.9 Å². The second-order valence-corrected chi connectivity index (χ2v) is 4.83. The number of halogens is 1. The van der Waals surface area contributed by atoms with Gasteiger partial charge in [0.25, 0.3) is 5.56 Å². The molecule has 2 atom stereocenters. The molecule has 0 bridgehead atoms. The predicted octanol–water partition coefficient (Wildman–Crippen LogP) is 2.03. The first-order chi connectivity index (χ1) is 8.10. The van der Waals surface area contributed by atoms with Crippen LogP contribution in [0.4, 0.5) is 0 Å². The van der Waals surface area contributed by atoms with Crippen molar-refractivity contribution in [1.82, 2.24) is 9.55 Å². The molecule has 1 aliphatic heterocycles. The highest BCUT2D eigenvalue weighted by molar-refractivity contribution is 6.29. The molecule has 5 heteroatoms. The first kappa shape index (κ1) is 12.6. The van der Waals surface area contributed by atoms with Gasteiger partial charge in [-0.2, -0.15) is 0 Å². The lowest BCUT2D eigenvalue weighted by Gasteiger charge is -2.15. The highest BCUT2D eigenvalue weighted by Gasteiger charge is 2.23. The third kappa shape index (κ3) is 2.87. The molecular formula is C12H17ClN2O2. The summed E-state index contributed by atoms with van der Waals surface area (Å²) in [5.74, 6) is 0.727. The van der Waals surface area contributed by atoms with Crippen LogP contribution in [0, 0.1) is 0 Å². The molecule has 1 aromatic heterocycles. The van der Waals surface area contributed by atoms with Crippen LogP contribution >= 0.6 is 11.6 Å². The summed E-state index contributed by atoms with van der Waals surface area (Å²) >= 11 is 5.78. The van der Waals surface area contributed by atoms with E-state index in [-0.39, 0.29) is 16.8 Å². The van der Waals surface area contributed by atoms with Gasteiger partial charge in [0.1, 0.15) is 11.0 Å². The maximum atomic E-state index is 11.9. The number of ether oxygens (including phenoxy) is 1. The van der Waals surface area contributed by atoms with E-state index in [1.807, 2.05) is 6.92 Å². The van der Waals surface area contributed by atoms with E-state index in [9.17, 15) is 4.79 Å². The number of rotatable bonds is 3. The molecule has 94 valence electrons. The van der Waals surface area contributed by atoms with Crippen molar-refractivity contribution in [1.29, 1.82) is 0 Å². The summed E-state index contributed by atoms with van der Waals surface area (Å²) < 4.78 is 7.40. The van der Waals surface area contributed by atoms with E-state index in [1.165, 1.54) is 6.07 Å². The van der Waals surface area contributed by atoms with Gasteiger partial charge in [0.2, 0.25) is 0 Å². The lowest BCUT2D eigenvalue weighted by Crippen LogP contribution is -2.29. The summed E-state index contributed by atoms with van der Waals surface area (Å²) in [6, 6.07) is 1.36. The third-order valence-electron chi connectivity index (χ3n) is 3.08. The first-order valence-corrected chi connectivity index (χ1v) is 6.39. The zero-order chi connectivity index (χ0) is 12.4. The number of hydrogen-bond acceptors (Lipinski definition) is 3. The van der Waals surface area contributed by atoms with Crippen LogP contribution in [-0.2, 0) is 17.7 Å². The van der Waals surface area contributed by atoms with E-state index in [0.717, 1.165) is 18.7 Å². The van der Waals surface area contributed by atoms with Crippen LogP contribution in [0.25, 0.3) is 0 Å². The Balaban J connectivity index is 2.23. The molecule has 0 saturated carbocycles. The molecule has 1 saturated heterocycles. The van der Waals surface area contributed by atoms with E-state index in [4.69, 9.17) is 16.3 Å². The van der Waals surface area contributed by atoms with Crippen LogP contribution in [0.1, 0.15) is 32.5 Å². The van der Waals surface area contributed by atoms with Crippen molar-refractivity contribution in [2.24, 2.45) is 0 Å². The average Bonchev–Trinajstić information content (AvgIpc) is 2.67. The molecular weight excluding hydrogens is 240 g/mol. The van der Waals surface area contributed by atoms with Crippen LogP contribution < -0.4 is 5.56 Å². The minimum atomic E-state index is -0.0926. The second-order valence-electron chi connectivity index (χ2n) is 4.44. The van der Waals surface area contributed by atoms with Crippen LogP contribution in [0.3, 0.4) is 0 Å². The molecule has 0 spiro atoms. The zero-order valence-electron chi connectivity index (χ0n) is 10.1. The average molecular weight is 257 g/mol. The minimum absolute atomic E-state index is 0.0926. The van der Waals surface area contributed by atoms with Gasteiger partial charge in [0, 0.05) is 12.5 Å². The highest BCUT2D eigenvalue weighted by atomic mass is 35.5. The Morgan fingerprint density at radius 1 is 1.59 bits per heavy atom. The van der Waals surface area contributed by atoms with E-state index >= 15 is 0 Å². The Hall–Kier alpha value is -0.870. The number of hydrogen-bond donors (Lipinski definition) is 0. The maximum Gasteiger partial charge on any atom is 0.255 e. The summed E-state index contributed by atoms with van der Waals surface area (Å²) in [6.45, 7) is 4.60. The largest absolute Gasteiger partial charge is 0.373 e. The maximum absolute atomic E-state index is 11.9. The third-order valence-corrected chi connectivity index (χ3v) is 3.27. The van der Waals surface area contributed by atoms with Gasteiger partial charge in [0.05, 0.1) is 18.8 Å². The van der Waals surface area contributed by atoms with Gasteiger partial charge >= 0.3 is 0 Å². The van der Waals surface area contributed by atoms with Gasteiger partial charge in [-0.05, 0) is 19.8 Å². The summed E-state index contributed by atoms with van der Waals surface area (Å²) in [4.78, 5) is 16.1. The van der Waals surface area contributed by atoms with Crippen molar-refractivity contribution < 1.29 is 4.74 Å². The van der Waals surface area contributed by atoms with Gasteiger partial charge in [0.15, 0.2) is 0 Å². The van der Waals surface area contributed by atoms with Crippen LogP contribution in [0.2, 0.25) is 5.15 Å². The summed E-state index contributed by atoms with van der Waals surface area (Å²) in [7, 11) is 0. The molecule has 0 aromatic carbocycles. The van der Waals surface area contributed by atoms with Crippen molar-refractivity contribution in [2.75, 3.05) is 0 Å². The van der Waals surface area contributed by atoms with Gasteiger partial charge in [-0.3, -0.25) is 9.36 Å². The van der Waals surface area contributed by atoms with Gasteiger partial charge < -0.3 is 4.74 Å². The number of aromatic nitrogens is 2. The van der Waals surface area contributed by atoms with Crippen molar-refractivity contribution in [3.05, 3.63) is 27.4 Å². The molecule has 2 heterocycles. The fraction of sp³-hybridized carbons (Fsp3) is 0.667. The molecule has 1 aromatic rings. The fourth-order valence-electron chi connectivity index (χ4n) is 2.21. The Morgan fingerprint density at radius 3 is 2.94 bits per heavy atom. The summed E-state index contributed by atoms with van der Waals surface area (Å²) in [5, 5.41) is 0.267. The Kier molecular flexibility index (Phi) is 3.84. The topological polar surface area (TPSA) is 44.1 Å². The Labute approximate surface area is 106 Å². The van der Waals surface area contributed by atoms with E-state index in [2.05, 4.69) is 11.9 Å². The number of aryl methyl sites for hydroxylation is 1. The van der Waals surface area contributed by atoms with Crippen LogP contribution in [0.15, 0.2) is 10.9 Å². The molecule has 1 fully saturated rings. The normalized spacial score (nSPS) is 24.2. The van der Waals surface area contributed by atoms with Crippen molar-refractivity contribution in [3.63, 3.8) is 0 Å². The highest BCUT2D eigenvalue weighted by Crippen LogP contribution is 2.20. The molecule has 2 unspecified atom stereocenters. The first-order valence-electron chi connectivity index (χ1n) is 6.02. The van der Waals surface area contributed by atoms with E-state index in [1.54, 1.807) is 4.57 Å². The predicted molar refractivity (Wildman–Crippen MR) is 66.5 cm³/mol. The Morgan fingerprint density at radius 2 is 2.35 bits per heavy atom. The fourth-order valence-corrected chi connectivity index (χ4v) is 2.40. The molecule has 2 rings (SSSR count). The molecule has 0 aliphatic carbocycles. The van der Waals surface area contributed by atoms with Gasteiger partial charge in [-0.1, -0.05) is 18.5 Å². The quantitative estimate of drug-likeness (QED) is 0.778. The van der Waals surface area contributed by atoms with Crippen molar-refractivity contribution in [3.8, 4) is 0 Å². The molecule has 0 radical (unpaired) electrons. The van der Waals surface area contributed by atoms with E-state index in [0.29, 0.717) is 19.1 Å². The molecule has 0 amide bonds. The van der Waals surface area contributed by atoms with Gasteiger partial charge in [-0.25, -0.2) is 4.98 Å². The minimum Gasteiger partial charge on any atom is -0.373 e. The van der Waals surface area contributed by atoms with Gasteiger partial charge in [-0.15, -0.1) is 0 Å². The second kappa shape index (κ2) is 5.19. The number of nitrogens with zero attached hydrogens (tertiary/aromatic N) is 2. The summed E-state index contributed by atoms with van der Waals surface area (Å²) in [6.07, 6.45) is 3.16. The Bertz CT molecular complexity index is 458. The summed E-state index contributed by atoms with van der Waals surface area (Å²) in [5.41, 5.74) is -0.0926. The SMILES string of the molecule is CCc1nc(Cl)cc(=O)n1CC1CCC(C)O1. The molecule has 4 nitrogen and oxygen atoms in total. The van der Waals surface area contributed by atoms with Crippen LogP contribution in [-0.4, -0.2) is 21.8 Å². The lowest BCUT2D eigenvalue weighted by molar-refractivity contribution is 0.0445. The van der Waals surface area contributed by atoms with E-state index < -0.39 is 0 Å². The standard InChI is InChI=1S/C12H17ClN2O2/c1-3-11-14-10(13)6-12(16)15(11)7-9-5-4-8(2)17-9/h6,8-9H,3-5,7H2,1-2H3. The monoisotopic (exact) mass is 256 g/mol. The van der Waals surface area contributed by atoms with Crippen LogP contribution in [0.5, 0.6) is 0 Å². The molecule has 1 aliphatic rings.